The van der Waals surface area contributed by atoms with Crippen LogP contribution in [0.5, 0.6) is 0 Å². The van der Waals surface area contributed by atoms with E-state index < -0.39 is 6.09 Å². The van der Waals surface area contributed by atoms with Crippen LogP contribution in [0.15, 0.2) is 12.2 Å². The number of fused-ring (bicyclic) bond motifs is 2. The molecule has 0 aromatic heterocycles. The number of hydrogen-bond donors (Lipinski definition) is 0. The minimum absolute atomic E-state index is 0.00870. The maximum Gasteiger partial charge on any atom is 0.416 e. The van der Waals surface area contributed by atoms with E-state index in [1.54, 1.807) is 0 Å². The lowest BCUT2D eigenvalue weighted by atomic mass is 9.68. The maximum absolute atomic E-state index is 12.2. The van der Waals surface area contributed by atoms with Gasteiger partial charge in [0, 0.05) is 5.92 Å². The van der Waals surface area contributed by atoms with Gasteiger partial charge in [0.25, 0.3) is 0 Å². The molecular weight excluding hydrogens is 206 g/mol. The third kappa shape index (κ3) is 1.44. The average Bonchev–Trinajstić information content (AvgIpc) is 2.76. The molecule has 86 valence electrons. The molecule has 3 aliphatic carbocycles. The number of rotatable bonds is 1. The highest BCUT2D eigenvalue weighted by molar-refractivity contribution is 5.94. The van der Waals surface area contributed by atoms with E-state index in [0.29, 0.717) is 25.0 Å². The minimum Gasteiger partial charge on any atom is -0.447 e. The summed E-state index contributed by atoms with van der Waals surface area (Å²) in [5.74, 6) is 0.861. The van der Waals surface area contributed by atoms with Crippen molar-refractivity contribution < 1.29 is 14.3 Å². The molecule has 4 rings (SSSR count). The monoisotopic (exact) mass is 221 g/mol. The summed E-state index contributed by atoms with van der Waals surface area (Å²) in [4.78, 5) is 24.8. The van der Waals surface area contributed by atoms with Crippen molar-refractivity contribution in [3.63, 3.8) is 0 Å². The van der Waals surface area contributed by atoms with Gasteiger partial charge in [0.05, 0.1) is 6.54 Å². The van der Waals surface area contributed by atoms with Crippen LogP contribution in [-0.2, 0) is 9.53 Å². The predicted molar refractivity (Wildman–Crippen MR) is 56.5 cm³/mol. The van der Waals surface area contributed by atoms with Gasteiger partial charge in [-0.05, 0) is 31.1 Å². The highest BCUT2D eigenvalue weighted by atomic mass is 16.6. The molecule has 3 atom stereocenters. The van der Waals surface area contributed by atoms with Crippen molar-refractivity contribution in [2.75, 3.05) is 13.2 Å². The lowest BCUT2D eigenvalue weighted by molar-refractivity contribution is -0.134. The van der Waals surface area contributed by atoms with Crippen molar-refractivity contribution in [2.45, 2.75) is 19.3 Å². The first-order chi connectivity index (χ1) is 7.75. The van der Waals surface area contributed by atoms with Gasteiger partial charge in [0.2, 0.25) is 5.91 Å². The molecule has 0 spiro atoms. The molecule has 2 fully saturated rings. The van der Waals surface area contributed by atoms with Crippen molar-refractivity contribution in [3.8, 4) is 0 Å². The molecule has 0 aromatic carbocycles. The minimum atomic E-state index is -0.463. The second-order valence-corrected chi connectivity index (χ2v) is 4.83. The quantitative estimate of drug-likeness (QED) is 0.631. The standard InChI is InChI=1S/C12H15NO3/c14-11(13-5-6-16-12(13)15)10-7-8-1-3-9(10)4-2-8/h1,3,8-10H,2,4-7H2/t8-,9+,10-/m0/s1. The molecular formula is C12H15NO3. The Labute approximate surface area is 94.2 Å². The number of hydrogen-bond acceptors (Lipinski definition) is 3. The van der Waals surface area contributed by atoms with Crippen LogP contribution in [-0.4, -0.2) is 30.1 Å². The molecule has 16 heavy (non-hydrogen) atoms. The van der Waals surface area contributed by atoms with E-state index in [9.17, 15) is 9.59 Å². The molecule has 1 saturated carbocycles. The van der Waals surface area contributed by atoms with Gasteiger partial charge in [-0.1, -0.05) is 12.2 Å². The first kappa shape index (κ1) is 9.87. The van der Waals surface area contributed by atoms with Crippen LogP contribution in [0.1, 0.15) is 19.3 Å². The SMILES string of the molecule is O=C1OCCN1C(=O)[C@H]1C[C@H]2C=C[C@@H]1CC2. The summed E-state index contributed by atoms with van der Waals surface area (Å²) in [5, 5.41) is 0. The van der Waals surface area contributed by atoms with Crippen LogP contribution >= 0.6 is 0 Å². The van der Waals surface area contributed by atoms with Crippen LogP contribution in [0.4, 0.5) is 4.79 Å². The number of allylic oxidation sites excluding steroid dienone is 2. The summed E-state index contributed by atoms with van der Waals surface area (Å²) in [6.45, 7) is 0.774. The van der Waals surface area contributed by atoms with Crippen LogP contribution in [0.25, 0.3) is 0 Å². The first-order valence-corrected chi connectivity index (χ1v) is 5.92. The Bertz CT molecular complexity index is 363. The van der Waals surface area contributed by atoms with Gasteiger partial charge in [-0.25, -0.2) is 9.69 Å². The molecule has 1 aliphatic heterocycles. The average molecular weight is 221 g/mol. The van der Waals surface area contributed by atoms with Gasteiger partial charge in [0.1, 0.15) is 6.61 Å². The number of cyclic esters (lactones) is 1. The molecule has 0 unspecified atom stereocenters. The molecule has 0 N–H and O–H groups in total. The largest absolute Gasteiger partial charge is 0.447 e. The smallest absolute Gasteiger partial charge is 0.416 e. The topological polar surface area (TPSA) is 46.6 Å². The summed E-state index contributed by atoms with van der Waals surface area (Å²) in [6, 6.07) is 0. The summed E-state index contributed by atoms with van der Waals surface area (Å²) >= 11 is 0. The molecule has 1 heterocycles. The van der Waals surface area contributed by atoms with Crippen molar-refractivity contribution >= 4 is 12.0 Å². The van der Waals surface area contributed by atoms with Crippen LogP contribution in [0, 0.1) is 17.8 Å². The van der Waals surface area contributed by atoms with Crippen LogP contribution in [0.3, 0.4) is 0 Å². The van der Waals surface area contributed by atoms with E-state index in [4.69, 9.17) is 4.74 Å². The van der Waals surface area contributed by atoms with Gasteiger partial charge < -0.3 is 4.74 Å². The zero-order valence-corrected chi connectivity index (χ0v) is 9.09. The van der Waals surface area contributed by atoms with E-state index in [1.165, 1.54) is 11.3 Å². The summed E-state index contributed by atoms with van der Waals surface area (Å²) in [5.41, 5.74) is 0. The summed E-state index contributed by atoms with van der Waals surface area (Å²) in [6.07, 6.45) is 7.09. The van der Waals surface area contributed by atoms with Gasteiger partial charge >= 0.3 is 6.09 Å². The Morgan fingerprint density at radius 2 is 2.25 bits per heavy atom. The second-order valence-electron chi connectivity index (χ2n) is 4.83. The fourth-order valence-corrected chi connectivity index (χ4v) is 3.01. The van der Waals surface area contributed by atoms with Gasteiger partial charge in [-0.15, -0.1) is 0 Å². The third-order valence-corrected chi connectivity index (χ3v) is 3.92. The van der Waals surface area contributed by atoms with Gasteiger partial charge in [-0.2, -0.15) is 0 Å². The lowest BCUT2D eigenvalue weighted by Gasteiger charge is -2.37. The Hall–Kier alpha value is -1.32. The number of ether oxygens (including phenoxy) is 1. The van der Waals surface area contributed by atoms with E-state index in [-0.39, 0.29) is 11.8 Å². The van der Waals surface area contributed by atoms with Crippen molar-refractivity contribution in [3.05, 3.63) is 12.2 Å². The highest BCUT2D eigenvalue weighted by Gasteiger charge is 2.41. The molecule has 4 nitrogen and oxygen atoms in total. The maximum atomic E-state index is 12.2. The summed E-state index contributed by atoms with van der Waals surface area (Å²) < 4.78 is 4.81. The molecule has 4 aliphatic rings. The third-order valence-electron chi connectivity index (χ3n) is 3.92. The zero-order valence-electron chi connectivity index (χ0n) is 9.09. The fraction of sp³-hybridized carbons (Fsp3) is 0.667. The van der Waals surface area contributed by atoms with Crippen molar-refractivity contribution in [1.29, 1.82) is 0 Å². The Morgan fingerprint density at radius 3 is 2.75 bits per heavy atom. The number of nitrogens with zero attached hydrogens (tertiary/aromatic N) is 1. The molecule has 2 amide bonds. The number of imide groups is 1. The van der Waals surface area contributed by atoms with E-state index in [0.717, 1.165) is 12.8 Å². The number of amides is 2. The fourth-order valence-electron chi connectivity index (χ4n) is 3.01. The normalized spacial score (nSPS) is 36.6. The molecule has 1 saturated heterocycles. The first-order valence-electron chi connectivity index (χ1n) is 5.92. The van der Waals surface area contributed by atoms with Crippen molar-refractivity contribution in [2.24, 2.45) is 17.8 Å². The van der Waals surface area contributed by atoms with Gasteiger partial charge in [-0.3, -0.25) is 4.79 Å². The van der Waals surface area contributed by atoms with E-state index in [2.05, 4.69) is 12.2 Å². The zero-order chi connectivity index (χ0) is 11.1. The Morgan fingerprint density at radius 1 is 1.38 bits per heavy atom. The molecule has 4 heteroatoms. The van der Waals surface area contributed by atoms with Crippen molar-refractivity contribution in [1.82, 2.24) is 4.90 Å². The summed E-state index contributed by atoms with van der Waals surface area (Å²) in [7, 11) is 0. The van der Waals surface area contributed by atoms with Crippen LogP contribution in [0.2, 0.25) is 0 Å². The van der Waals surface area contributed by atoms with Gasteiger partial charge in [0.15, 0.2) is 0 Å². The Balaban J connectivity index is 1.76. The molecule has 0 aromatic rings. The molecule has 0 radical (unpaired) electrons. The Kier molecular flexibility index (Phi) is 2.23. The highest BCUT2D eigenvalue weighted by Crippen LogP contribution is 2.41. The lowest BCUT2D eigenvalue weighted by Crippen LogP contribution is -2.43. The van der Waals surface area contributed by atoms with E-state index >= 15 is 0 Å². The number of carbonyl (C=O) groups excluding carboxylic acids is 2. The second kappa shape index (κ2) is 3.61. The molecule has 2 bridgehead atoms. The van der Waals surface area contributed by atoms with Crippen LogP contribution < -0.4 is 0 Å². The number of carbonyl (C=O) groups is 2. The van der Waals surface area contributed by atoms with E-state index in [1.807, 2.05) is 0 Å². The predicted octanol–water partition coefficient (Wildman–Crippen LogP) is 1.57.